The van der Waals surface area contributed by atoms with E-state index in [2.05, 4.69) is 41.7 Å². The van der Waals surface area contributed by atoms with Crippen LogP contribution in [-0.2, 0) is 15.9 Å². The van der Waals surface area contributed by atoms with Gasteiger partial charge in [-0.2, -0.15) is 0 Å². The highest BCUT2D eigenvalue weighted by molar-refractivity contribution is 14.0. The zero-order valence-electron chi connectivity index (χ0n) is 14.9. The van der Waals surface area contributed by atoms with Gasteiger partial charge in [0.25, 0.3) is 0 Å². The van der Waals surface area contributed by atoms with Crippen LogP contribution in [0.25, 0.3) is 0 Å². The molecule has 1 aliphatic heterocycles. The third kappa shape index (κ3) is 6.50. The van der Waals surface area contributed by atoms with Gasteiger partial charge >= 0.3 is 0 Å². The molecule has 1 fully saturated rings. The summed E-state index contributed by atoms with van der Waals surface area (Å²) in [6, 6.07) is 4.29. The van der Waals surface area contributed by atoms with Crippen molar-refractivity contribution in [3.05, 3.63) is 22.4 Å². The lowest BCUT2D eigenvalue weighted by Crippen LogP contribution is -2.44. The highest BCUT2D eigenvalue weighted by Crippen LogP contribution is 2.24. The van der Waals surface area contributed by atoms with Crippen LogP contribution in [0.1, 0.15) is 24.6 Å². The van der Waals surface area contributed by atoms with Crippen molar-refractivity contribution in [3.8, 4) is 0 Å². The van der Waals surface area contributed by atoms with E-state index < -0.39 is 0 Å². The minimum absolute atomic E-state index is 0. The average Bonchev–Trinajstić information content (AvgIpc) is 3.11. The first kappa shape index (κ1) is 21.7. The van der Waals surface area contributed by atoms with Crippen LogP contribution in [-0.4, -0.2) is 63.5 Å². The predicted molar refractivity (Wildman–Crippen MR) is 112 cm³/mol. The van der Waals surface area contributed by atoms with E-state index in [0.29, 0.717) is 6.54 Å². The Balaban J connectivity index is 0.00000288. The third-order valence-electron chi connectivity index (χ3n) is 4.32. The van der Waals surface area contributed by atoms with Crippen molar-refractivity contribution < 1.29 is 9.47 Å². The zero-order valence-corrected chi connectivity index (χ0v) is 18.1. The molecule has 1 saturated heterocycles. The van der Waals surface area contributed by atoms with E-state index in [9.17, 15) is 0 Å². The second-order valence-electron chi connectivity index (χ2n) is 5.92. The number of rotatable bonds is 7. The molecule has 0 radical (unpaired) electrons. The van der Waals surface area contributed by atoms with Crippen LogP contribution in [0.2, 0.25) is 0 Å². The summed E-state index contributed by atoms with van der Waals surface area (Å²) in [6.07, 6.45) is 2.86. The molecule has 0 unspecified atom stereocenters. The first-order chi connectivity index (χ1) is 11.2. The molecule has 1 N–H and O–H groups in total. The number of guanidine groups is 1. The minimum atomic E-state index is -0.173. The van der Waals surface area contributed by atoms with E-state index in [-0.39, 0.29) is 29.6 Å². The molecule has 0 atom stereocenters. The van der Waals surface area contributed by atoms with Crippen LogP contribution in [0.4, 0.5) is 0 Å². The number of hydrogen-bond acceptors (Lipinski definition) is 4. The quantitative estimate of drug-likeness (QED) is 0.381. The van der Waals surface area contributed by atoms with Gasteiger partial charge in [-0.15, -0.1) is 35.3 Å². The maximum Gasteiger partial charge on any atom is 0.193 e. The van der Waals surface area contributed by atoms with E-state index >= 15 is 0 Å². The lowest BCUT2D eigenvalue weighted by Gasteiger charge is -2.35. The number of ether oxygens (including phenoxy) is 2. The van der Waals surface area contributed by atoms with E-state index in [1.54, 1.807) is 7.11 Å². The summed E-state index contributed by atoms with van der Waals surface area (Å²) in [5.41, 5.74) is -0.173. The summed E-state index contributed by atoms with van der Waals surface area (Å²) in [5.74, 6) is 0.951. The Kier molecular flexibility index (Phi) is 10.2. The van der Waals surface area contributed by atoms with Crippen molar-refractivity contribution in [1.29, 1.82) is 0 Å². The lowest BCUT2D eigenvalue weighted by molar-refractivity contribution is -0.0829. The predicted octanol–water partition coefficient (Wildman–Crippen LogP) is 3.00. The van der Waals surface area contributed by atoms with Gasteiger partial charge in [-0.3, -0.25) is 4.99 Å². The first-order valence-corrected chi connectivity index (χ1v) is 9.22. The normalized spacial score (nSPS) is 17.2. The van der Waals surface area contributed by atoms with Gasteiger partial charge in [0.15, 0.2) is 5.96 Å². The number of halogens is 1. The van der Waals surface area contributed by atoms with E-state index in [1.807, 2.05) is 11.3 Å². The SMILES string of the molecule is CCNC(=NCC1(OC)CCOCC1)N(C)CCc1cccs1.I. The van der Waals surface area contributed by atoms with Crippen LogP contribution in [0.5, 0.6) is 0 Å². The molecule has 138 valence electrons. The van der Waals surface area contributed by atoms with Crippen LogP contribution in [0, 0.1) is 0 Å². The van der Waals surface area contributed by atoms with Crippen LogP contribution in [0.3, 0.4) is 0 Å². The van der Waals surface area contributed by atoms with E-state index in [0.717, 1.165) is 51.5 Å². The molecule has 24 heavy (non-hydrogen) atoms. The Hall–Kier alpha value is -0.380. The molecule has 2 heterocycles. The van der Waals surface area contributed by atoms with Gasteiger partial charge in [-0.1, -0.05) is 6.07 Å². The van der Waals surface area contributed by atoms with Crippen molar-refractivity contribution >= 4 is 41.3 Å². The van der Waals surface area contributed by atoms with Crippen LogP contribution >= 0.6 is 35.3 Å². The molecule has 7 heteroatoms. The van der Waals surface area contributed by atoms with E-state index in [4.69, 9.17) is 14.5 Å². The van der Waals surface area contributed by atoms with Crippen molar-refractivity contribution in [3.63, 3.8) is 0 Å². The largest absolute Gasteiger partial charge is 0.381 e. The average molecular weight is 467 g/mol. The summed E-state index contributed by atoms with van der Waals surface area (Å²) in [6.45, 7) is 6.12. The number of hydrogen-bond donors (Lipinski definition) is 1. The standard InChI is InChI=1S/C17H29N3O2S.HI/c1-4-18-16(20(2)10-7-15-6-5-13-23-15)19-14-17(21-3)8-11-22-12-9-17;/h5-6,13H,4,7-12,14H2,1-3H3,(H,18,19);1H. The van der Waals surface area contributed by atoms with Crippen molar-refractivity contribution in [2.75, 3.05) is 47.0 Å². The van der Waals surface area contributed by atoms with Gasteiger partial charge in [0.2, 0.25) is 0 Å². The second-order valence-corrected chi connectivity index (χ2v) is 6.95. The summed E-state index contributed by atoms with van der Waals surface area (Å²) >= 11 is 1.81. The molecule has 0 spiro atoms. The maximum atomic E-state index is 5.77. The second kappa shape index (κ2) is 11.3. The monoisotopic (exact) mass is 467 g/mol. The highest BCUT2D eigenvalue weighted by atomic mass is 127. The maximum absolute atomic E-state index is 5.77. The zero-order chi connectivity index (χ0) is 16.5. The van der Waals surface area contributed by atoms with Gasteiger partial charge in [-0.05, 0) is 24.8 Å². The van der Waals surface area contributed by atoms with E-state index in [1.165, 1.54) is 4.88 Å². The molecular formula is C17H30IN3O2S. The number of methoxy groups -OCH3 is 1. The molecule has 0 bridgehead atoms. The highest BCUT2D eigenvalue weighted by Gasteiger charge is 2.32. The molecule has 1 aromatic rings. The molecular weight excluding hydrogens is 437 g/mol. The minimum Gasteiger partial charge on any atom is -0.381 e. The number of nitrogens with zero attached hydrogens (tertiary/aromatic N) is 2. The summed E-state index contributed by atoms with van der Waals surface area (Å²) < 4.78 is 11.2. The fourth-order valence-electron chi connectivity index (χ4n) is 2.70. The number of aliphatic imine (C=N–C) groups is 1. The Morgan fingerprint density at radius 2 is 2.21 bits per heavy atom. The summed E-state index contributed by atoms with van der Waals surface area (Å²) in [5, 5.41) is 5.51. The smallest absolute Gasteiger partial charge is 0.193 e. The van der Waals surface area contributed by atoms with Gasteiger partial charge in [0.1, 0.15) is 0 Å². The topological polar surface area (TPSA) is 46.1 Å². The number of thiophene rings is 1. The van der Waals surface area contributed by atoms with Crippen LogP contribution < -0.4 is 5.32 Å². The Morgan fingerprint density at radius 3 is 2.79 bits per heavy atom. The van der Waals surface area contributed by atoms with Crippen molar-refractivity contribution in [2.24, 2.45) is 4.99 Å². The van der Waals surface area contributed by atoms with Gasteiger partial charge in [0, 0.05) is 58.2 Å². The fraction of sp³-hybridized carbons (Fsp3) is 0.706. The molecule has 5 nitrogen and oxygen atoms in total. The van der Waals surface area contributed by atoms with Crippen molar-refractivity contribution in [2.45, 2.75) is 31.8 Å². The van der Waals surface area contributed by atoms with Crippen molar-refractivity contribution in [1.82, 2.24) is 10.2 Å². The molecule has 2 rings (SSSR count). The Bertz CT molecular complexity index is 476. The number of likely N-dealkylation sites (N-methyl/N-ethyl adjacent to an activating group) is 1. The third-order valence-corrected chi connectivity index (χ3v) is 5.26. The molecule has 0 amide bonds. The molecule has 0 aromatic carbocycles. The van der Waals surface area contributed by atoms with Gasteiger partial charge in [0.05, 0.1) is 12.1 Å². The Labute approximate surface area is 166 Å². The van der Waals surface area contributed by atoms with Crippen LogP contribution in [0.15, 0.2) is 22.5 Å². The van der Waals surface area contributed by atoms with Gasteiger partial charge < -0.3 is 19.7 Å². The molecule has 1 aromatic heterocycles. The number of nitrogens with one attached hydrogen (secondary N) is 1. The van der Waals surface area contributed by atoms with Gasteiger partial charge in [-0.25, -0.2) is 0 Å². The molecule has 0 aliphatic carbocycles. The molecule has 1 aliphatic rings. The summed E-state index contributed by atoms with van der Waals surface area (Å²) in [4.78, 5) is 8.44. The Morgan fingerprint density at radius 1 is 1.46 bits per heavy atom. The first-order valence-electron chi connectivity index (χ1n) is 8.34. The fourth-order valence-corrected chi connectivity index (χ4v) is 3.40. The molecule has 0 saturated carbocycles. The summed E-state index contributed by atoms with van der Waals surface area (Å²) in [7, 11) is 3.88. The lowest BCUT2D eigenvalue weighted by atomic mass is 9.94.